The predicted octanol–water partition coefficient (Wildman–Crippen LogP) is 1.00. The fourth-order valence-corrected chi connectivity index (χ4v) is 1.79. The predicted molar refractivity (Wildman–Crippen MR) is 77.9 cm³/mol. The van der Waals surface area contributed by atoms with Gasteiger partial charge in [0.2, 0.25) is 5.91 Å². The highest BCUT2D eigenvalue weighted by Gasteiger charge is 2.16. The summed E-state index contributed by atoms with van der Waals surface area (Å²) < 4.78 is 5.04. The molecule has 1 rings (SSSR count). The number of benzene rings is 1. The molecular weight excluding hydrogens is 282 g/mol. The molecule has 0 bridgehead atoms. The van der Waals surface area contributed by atoms with Gasteiger partial charge in [0, 0.05) is 25.7 Å². The van der Waals surface area contributed by atoms with E-state index in [1.165, 1.54) is 20.2 Å². The van der Waals surface area contributed by atoms with Gasteiger partial charge in [-0.25, -0.2) is 0 Å². The molecule has 6 nitrogen and oxygen atoms in total. The molecule has 0 saturated heterocycles. The van der Waals surface area contributed by atoms with Crippen molar-refractivity contribution in [2.24, 2.45) is 5.73 Å². The molecule has 110 valence electrons. The topological polar surface area (TPSA) is 93.5 Å². The van der Waals surface area contributed by atoms with Crippen LogP contribution in [-0.4, -0.2) is 38.6 Å². The quantitative estimate of drug-likeness (QED) is 0.730. The number of rotatable bonds is 6. The number of hydrogen-bond acceptors (Lipinski definition) is 4. The van der Waals surface area contributed by atoms with E-state index in [0.29, 0.717) is 16.3 Å². The summed E-state index contributed by atoms with van der Waals surface area (Å²) in [6, 6.07) is 4.67. The molecule has 4 N–H and O–H groups in total. The third kappa shape index (κ3) is 4.48. The molecule has 1 aromatic carbocycles. The van der Waals surface area contributed by atoms with Crippen LogP contribution < -0.4 is 16.4 Å². The summed E-state index contributed by atoms with van der Waals surface area (Å²) in [5.41, 5.74) is 6.15. The Balaban J connectivity index is 2.86. The van der Waals surface area contributed by atoms with Gasteiger partial charge in [-0.05, 0) is 18.2 Å². The molecule has 0 aliphatic rings. The van der Waals surface area contributed by atoms with Crippen LogP contribution >= 0.6 is 11.6 Å². The van der Waals surface area contributed by atoms with Crippen molar-refractivity contribution >= 4 is 29.1 Å². The zero-order valence-corrected chi connectivity index (χ0v) is 12.2. The van der Waals surface area contributed by atoms with Crippen molar-refractivity contribution in [1.29, 1.82) is 0 Å². The summed E-state index contributed by atoms with van der Waals surface area (Å²) in [6.07, 6.45) is -0.242. The van der Waals surface area contributed by atoms with E-state index < -0.39 is 0 Å². The summed E-state index contributed by atoms with van der Waals surface area (Å²) in [4.78, 5) is 23.6. The average Bonchev–Trinajstić information content (AvgIpc) is 2.45. The minimum absolute atomic E-state index is 0.114. The van der Waals surface area contributed by atoms with Gasteiger partial charge in [-0.1, -0.05) is 11.6 Å². The molecule has 0 radical (unpaired) electrons. The van der Waals surface area contributed by atoms with Gasteiger partial charge >= 0.3 is 0 Å². The lowest BCUT2D eigenvalue weighted by molar-refractivity contribution is -0.118. The normalized spacial score (nSPS) is 11.8. The third-order valence-corrected chi connectivity index (χ3v) is 2.97. The van der Waals surface area contributed by atoms with Gasteiger partial charge in [0.05, 0.1) is 23.8 Å². The Hall–Kier alpha value is -1.63. The van der Waals surface area contributed by atoms with Gasteiger partial charge in [-0.3, -0.25) is 9.59 Å². The van der Waals surface area contributed by atoms with Crippen molar-refractivity contribution in [1.82, 2.24) is 5.32 Å². The van der Waals surface area contributed by atoms with E-state index in [-0.39, 0.29) is 30.9 Å². The molecule has 0 aromatic heterocycles. The van der Waals surface area contributed by atoms with E-state index in [4.69, 9.17) is 22.1 Å². The van der Waals surface area contributed by atoms with Crippen LogP contribution in [0.2, 0.25) is 5.02 Å². The van der Waals surface area contributed by atoms with Crippen molar-refractivity contribution in [2.75, 3.05) is 26.0 Å². The summed E-state index contributed by atoms with van der Waals surface area (Å²) in [5.74, 6) is -0.611. The molecule has 2 amide bonds. The highest BCUT2D eigenvalue weighted by atomic mass is 35.5. The van der Waals surface area contributed by atoms with Crippen molar-refractivity contribution in [3.8, 4) is 0 Å². The van der Waals surface area contributed by atoms with Crippen LogP contribution in [0.4, 0.5) is 5.69 Å². The first-order valence-electron chi connectivity index (χ1n) is 6.06. The molecule has 0 fully saturated rings. The molecular formula is C13H18ClN3O3. The van der Waals surface area contributed by atoms with Gasteiger partial charge in [-0.15, -0.1) is 0 Å². The average molecular weight is 300 g/mol. The number of hydrogen-bond donors (Lipinski definition) is 3. The van der Waals surface area contributed by atoms with Crippen molar-refractivity contribution in [3.63, 3.8) is 0 Å². The Morgan fingerprint density at radius 3 is 2.70 bits per heavy atom. The van der Waals surface area contributed by atoms with Crippen molar-refractivity contribution in [3.05, 3.63) is 28.8 Å². The molecule has 0 aliphatic carbocycles. The van der Waals surface area contributed by atoms with Gasteiger partial charge in [0.25, 0.3) is 5.91 Å². The standard InChI is InChI=1S/C13H18ClN3O3/c1-16-13(19)10-5-8(14)3-4-11(10)17-12(18)6-9(7-15)20-2/h3-5,9H,6-7,15H2,1-2H3,(H,16,19)(H,17,18). The van der Waals surface area contributed by atoms with Gasteiger partial charge < -0.3 is 21.1 Å². The lowest BCUT2D eigenvalue weighted by Gasteiger charge is -2.14. The molecule has 20 heavy (non-hydrogen) atoms. The van der Waals surface area contributed by atoms with E-state index in [2.05, 4.69) is 10.6 Å². The van der Waals surface area contributed by atoms with E-state index >= 15 is 0 Å². The fourth-order valence-electron chi connectivity index (χ4n) is 1.62. The number of nitrogens with one attached hydrogen (secondary N) is 2. The van der Waals surface area contributed by atoms with E-state index in [1.807, 2.05) is 0 Å². The number of carbonyl (C=O) groups excluding carboxylic acids is 2. The van der Waals surface area contributed by atoms with Crippen molar-refractivity contribution < 1.29 is 14.3 Å². The monoisotopic (exact) mass is 299 g/mol. The first kappa shape index (κ1) is 16.4. The lowest BCUT2D eigenvalue weighted by Crippen LogP contribution is -2.29. The van der Waals surface area contributed by atoms with Crippen LogP contribution in [0.5, 0.6) is 0 Å². The summed E-state index contributed by atoms with van der Waals surface area (Å²) in [5, 5.41) is 5.56. The van der Waals surface area contributed by atoms with Crippen LogP contribution in [0.3, 0.4) is 0 Å². The second kappa shape index (κ2) is 7.84. The maximum atomic E-state index is 11.9. The highest BCUT2D eigenvalue weighted by molar-refractivity contribution is 6.31. The third-order valence-electron chi connectivity index (χ3n) is 2.74. The minimum Gasteiger partial charge on any atom is -0.380 e. The number of ether oxygens (including phenoxy) is 1. The van der Waals surface area contributed by atoms with Crippen LogP contribution in [0.25, 0.3) is 0 Å². The summed E-state index contributed by atoms with van der Waals surface area (Å²) in [7, 11) is 2.99. The first-order chi connectivity index (χ1) is 9.51. The van der Waals surface area contributed by atoms with Gasteiger partial charge in [0.1, 0.15) is 0 Å². The summed E-state index contributed by atoms with van der Waals surface area (Å²) >= 11 is 5.85. The molecule has 7 heteroatoms. The zero-order chi connectivity index (χ0) is 15.1. The van der Waals surface area contributed by atoms with E-state index in [0.717, 1.165) is 0 Å². The zero-order valence-electron chi connectivity index (χ0n) is 11.4. The smallest absolute Gasteiger partial charge is 0.253 e. The van der Waals surface area contributed by atoms with Crippen LogP contribution in [0.15, 0.2) is 18.2 Å². The largest absolute Gasteiger partial charge is 0.380 e. The molecule has 1 unspecified atom stereocenters. The van der Waals surface area contributed by atoms with Crippen LogP contribution in [-0.2, 0) is 9.53 Å². The SMILES string of the molecule is CNC(=O)c1cc(Cl)ccc1NC(=O)CC(CN)OC. The number of amides is 2. The Morgan fingerprint density at radius 1 is 1.45 bits per heavy atom. The van der Waals surface area contributed by atoms with E-state index in [1.54, 1.807) is 12.1 Å². The van der Waals surface area contributed by atoms with Gasteiger partial charge in [0.15, 0.2) is 0 Å². The Morgan fingerprint density at radius 2 is 2.15 bits per heavy atom. The number of halogens is 1. The van der Waals surface area contributed by atoms with Crippen molar-refractivity contribution in [2.45, 2.75) is 12.5 Å². The van der Waals surface area contributed by atoms with Gasteiger partial charge in [-0.2, -0.15) is 0 Å². The first-order valence-corrected chi connectivity index (χ1v) is 6.44. The van der Waals surface area contributed by atoms with E-state index in [9.17, 15) is 9.59 Å². The Kier molecular flexibility index (Phi) is 6.44. The Bertz CT molecular complexity index is 490. The van der Waals surface area contributed by atoms with Crippen LogP contribution in [0.1, 0.15) is 16.8 Å². The minimum atomic E-state index is -0.356. The summed E-state index contributed by atoms with van der Waals surface area (Å²) in [6.45, 7) is 0.243. The fraction of sp³-hybridized carbons (Fsp3) is 0.385. The number of methoxy groups -OCH3 is 1. The highest BCUT2D eigenvalue weighted by Crippen LogP contribution is 2.21. The molecule has 0 spiro atoms. The number of nitrogens with two attached hydrogens (primary N) is 1. The second-order valence-corrected chi connectivity index (χ2v) is 4.55. The molecule has 1 atom stereocenters. The maximum Gasteiger partial charge on any atom is 0.253 e. The number of carbonyl (C=O) groups is 2. The lowest BCUT2D eigenvalue weighted by atomic mass is 10.1. The molecule has 0 aliphatic heterocycles. The molecule has 1 aromatic rings. The maximum absolute atomic E-state index is 11.9. The molecule has 0 saturated carbocycles. The molecule has 0 heterocycles. The number of anilines is 1. The second-order valence-electron chi connectivity index (χ2n) is 4.11. The van der Waals surface area contributed by atoms with Crippen LogP contribution in [0, 0.1) is 0 Å². The Labute approximate surface area is 122 Å².